The fraction of sp³-hybridized carbons (Fsp3) is 0.542. The van der Waals surface area contributed by atoms with Gasteiger partial charge < -0.3 is 14.2 Å². The van der Waals surface area contributed by atoms with E-state index in [-0.39, 0.29) is 37.5 Å². The summed E-state index contributed by atoms with van der Waals surface area (Å²) in [6.07, 6.45) is 74.0. The maximum Gasteiger partial charge on any atom is 0.306 e. The average molecular weight is 895 g/mol. The van der Waals surface area contributed by atoms with Crippen LogP contribution in [0.25, 0.3) is 0 Å². The molecule has 0 spiro atoms. The molecule has 0 heterocycles. The van der Waals surface area contributed by atoms with Gasteiger partial charge in [0.25, 0.3) is 0 Å². The lowest BCUT2D eigenvalue weighted by Gasteiger charge is -2.18. The first-order valence-corrected chi connectivity index (χ1v) is 25.5. The maximum absolute atomic E-state index is 12.8. The van der Waals surface area contributed by atoms with Gasteiger partial charge in [-0.2, -0.15) is 0 Å². The minimum Gasteiger partial charge on any atom is -0.462 e. The summed E-state index contributed by atoms with van der Waals surface area (Å²) in [7, 11) is 0. The first-order valence-electron chi connectivity index (χ1n) is 25.5. The van der Waals surface area contributed by atoms with Crippen molar-refractivity contribution in [1.29, 1.82) is 0 Å². The van der Waals surface area contributed by atoms with E-state index in [1.807, 2.05) is 85.1 Å². The van der Waals surface area contributed by atoms with Crippen molar-refractivity contribution >= 4 is 17.9 Å². The summed E-state index contributed by atoms with van der Waals surface area (Å²) in [4.78, 5) is 38.0. The van der Waals surface area contributed by atoms with E-state index in [2.05, 4.69) is 81.5 Å². The van der Waals surface area contributed by atoms with Crippen molar-refractivity contribution in [2.75, 3.05) is 13.2 Å². The molecule has 0 N–H and O–H groups in total. The molecule has 0 aliphatic carbocycles. The zero-order valence-electron chi connectivity index (χ0n) is 41.2. The normalized spacial score (nSPS) is 13.3. The summed E-state index contributed by atoms with van der Waals surface area (Å²) < 4.78 is 16.7. The Bertz CT molecular complexity index is 1490. The van der Waals surface area contributed by atoms with Crippen LogP contribution in [0.4, 0.5) is 0 Å². The SMILES string of the molecule is CC\C=C/C=C\C=C/C=C\C=C/CCCCCC(=O)OC(COC(=O)CCCCC\C=C/C=C\C=C/C=C\CC)COC(=O)CCCCCCCCCCC/C=C\C/C=C\C/C=C\CC. The van der Waals surface area contributed by atoms with Crippen LogP contribution in [0.2, 0.25) is 0 Å². The van der Waals surface area contributed by atoms with Gasteiger partial charge in [-0.15, -0.1) is 0 Å². The van der Waals surface area contributed by atoms with Crippen molar-refractivity contribution in [2.45, 2.75) is 194 Å². The number of allylic oxidation sites excluding steroid dienone is 24. The molecule has 6 heteroatoms. The van der Waals surface area contributed by atoms with Crippen molar-refractivity contribution < 1.29 is 28.6 Å². The Morgan fingerprint density at radius 3 is 1.06 bits per heavy atom. The average Bonchev–Trinajstić information content (AvgIpc) is 3.30. The standard InChI is InChI=1S/C59H90O6/c1-4-7-10-13-16-19-22-25-27-28-29-30-32-34-37-40-43-46-49-52-58(61)64-55-56(54-63-57(60)51-48-45-42-39-36-33-24-21-18-15-12-9-6-3)65-59(62)53-50-47-44-41-38-35-31-26-23-20-17-14-11-8-5-2/h7-12,14-21,23-27,31,33,35-36,38,56H,4-6,13,22,28-30,32,34,37,39-55H2,1-3H3/b10-7-,11-8-,12-9-,17-14-,18-15-,19-16-,23-20-,24-21-,27-25-,31-26-,36-33-,38-35-. The third kappa shape index (κ3) is 50.2. The van der Waals surface area contributed by atoms with Crippen LogP contribution in [0.1, 0.15) is 188 Å². The second kappa shape index (κ2) is 51.9. The second-order valence-corrected chi connectivity index (χ2v) is 16.1. The van der Waals surface area contributed by atoms with Crippen LogP contribution in [0.3, 0.4) is 0 Å². The van der Waals surface area contributed by atoms with Crippen molar-refractivity contribution in [3.8, 4) is 0 Å². The van der Waals surface area contributed by atoms with Crippen molar-refractivity contribution in [3.63, 3.8) is 0 Å². The molecule has 0 saturated heterocycles. The molecule has 0 aliphatic heterocycles. The van der Waals surface area contributed by atoms with Gasteiger partial charge in [0.1, 0.15) is 13.2 Å². The number of hydrogen-bond donors (Lipinski definition) is 0. The monoisotopic (exact) mass is 895 g/mol. The highest BCUT2D eigenvalue weighted by molar-refractivity contribution is 5.71. The summed E-state index contributed by atoms with van der Waals surface area (Å²) in [5.74, 6) is -1.02. The Balaban J connectivity index is 4.52. The van der Waals surface area contributed by atoms with E-state index in [0.717, 1.165) is 103 Å². The molecule has 0 rings (SSSR count). The molecule has 0 aromatic heterocycles. The van der Waals surface area contributed by atoms with Gasteiger partial charge in [0.15, 0.2) is 6.10 Å². The molecule has 0 saturated carbocycles. The quantitative estimate of drug-likeness (QED) is 0.0199. The van der Waals surface area contributed by atoms with E-state index in [9.17, 15) is 14.4 Å². The van der Waals surface area contributed by atoms with Crippen LogP contribution in [0, 0.1) is 0 Å². The lowest BCUT2D eigenvalue weighted by Crippen LogP contribution is -2.30. The van der Waals surface area contributed by atoms with Crippen LogP contribution >= 0.6 is 0 Å². The summed E-state index contributed by atoms with van der Waals surface area (Å²) >= 11 is 0. The molecule has 0 amide bonds. The Labute approximate surface area is 397 Å². The summed E-state index contributed by atoms with van der Waals surface area (Å²) in [5.41, 5.74) is 0. The molecule has 0 aliphatic rings. The molecule has 1 atom stereocenters. The fourth-order valence-electron chi connectivity index (χ4n) is 6.31. The largest absolute Gasteiger partial charge is 0.462 e. The minimum absolute atomic E-state index is 0.118. The highest BCUT2D eigenvalue weighted by Gasteiger charge is 2.19. The summed E-state index contributed by atoms with van der Waals surface area (Å²) in [6, 6.07) is 0. The van der Waals surface area contributed by atoms with Crippen LogP contribution in [-0.2, 0) is 28.6 Å². The predicted octanol–water partition coefficient (Wildman–Crippen LogP) is 16.9. The number of unbranched alkanes of at least 4 members (excludes halogenated alkanes) is 15. The van der Waals surface area contributed by atoms with Crippen LogP contribution in [-0.4, -0.2) is 37.2 Å². The Kier molecular flexibility index (Phi) is 48.2. The van der Waals surface area contributed by atoms with Crippen molar-refractivity contribution in [1.82, 2.24) is 0 Å². The molecular weight excluding hydrogens is 805 g/mol. The first kappa shape index (κ1) is 60.3. The van der Waals surface area contributed by atoms with Gasteiger partial charge >= 0.3 is 17.9 Å². The minimum atomic E-state index is -0.825. The van der Waals surface area contributed by atoms with Gasteiger partial charge in [-0.1, -0.05) is 224 Å². The second-order valence-electron chi connectivity index (χ2n) is 16.1. The number of carbonyl (C=O) groups excluding carboxylic acids is 3. The molecule has 0 aromatic carbocycles. The molecule has 0 fully saturated rings. The number of ether oxygens (including phenoxy) is 3. The molecule has 0 bridgehead atoms. The number of hydrogen-bond acceptors (Lipinski definition) is 6. The zero-order chi connectivity index (χ0) is 47.2. The molecule has 0 radical (unpaired) electrons. The van der Waals surface area contributed by atoms with Crippen molar-refractivity contribution in [2.24, 2.45) is 0 Å². The lowest BCUT2D eigenvalue weighted by molar-refractivity contribution is -0.167. The Morgan fingerprint density at radius 2 is 0.631 bits per heavy atom. The van der Waals surface area contributed by atoms with Gasteiger partial charge in [-0.3, -0.25) is 14.4 Å². The van der Waals surface area contributed by atoms with Crippen LogP contribution in [0.5, 0.6) is 0 Å². The third-order valence-electron chi connectivity index (χ3n) is 10.0. The molecular formula is C59H90O6. The Hall–Kier alpha value is -4.71. The van der Waals surface area contributed by atoms with Crippen molar-refractivity contribution in [3.05, 3.63) is 146 Å². The first-order chi connectivity index (χ1) is 32.0. The van der Waals surface area contributed by atoms with Gasteiger partial charge in [-0.25, -0.2) is 0 Å². The van der Waals surface area contributed by atoms with E-state index in [1.54, 1.807) is 0 Å². The third-order valence-corrected chi connectivity index (χ3v) is 10.0. The molecule has 362 valence electrons. The summed E-state index contributed by atoms with van der Waals surface area (Å²) in [5, 5.41) is 0. The molecule has 1 unspecified atom stereocenters. The summed E-state index contributed by atoms with van der Waals surface area (Å²) in [6.45, 7) is 6.14. The van der Waals surface area contributed by atoms with E-state index in [4.69, 9.17) is 14.2 Å². The van der Waals surface area contributed by atoms with Crippen LogP contribution in [0.15, 0.2) is 146 Å². The molecule has 0 aromatic rings. The smallest absolute Gasteiger partial charge is 0.306 e. The van der Waals surface area contributed by atoms with Gasteiger partial charge in [-0.05, 0) is 89.9 Å². The molecule has 6 nitrogen and oxygen atoms in total. The zero-order valence-corrected chi connectivity index (χ0v) is 41.2. The van der Waals surface area contributed by atoms with E-state index in [0.29, 0.717) is 19.3 Å². The van der Waals surface area contributed by atoms with Gasteiger partial charge in [0.2, 0.25) is 0 Å². The predicted molar refractivity (Wildman–Crippen MR) is 279 cm³/mol. The molecule has 65 heavy (non-hydrogen) atoms. The lowest BCUT2D eigenvalue weighted by atomic mass is 10.1. The van der Waals surface area contributed by atoms with E-state index in [1.165, 1.54) is 38.5 Å². The number of esters is 3. The highest BCUT2D eigenvalue weighted by atomic mass is 16.6. The number of carbonyl (C=O) groups is 3. The Morgan fingerprint density at radius 1 is 0.323 bits per heavy atom. The van der Waals surface area contributed by atoms with Gasteiger partial charge in [0.05, 0.1) is 0 Å². The number of rotatable bonds is 43. The maximum atomic E-state index is 12.8. The highest BCUT2D eigenvalue weighted by Crippen LogP contribution is 2.13. The van der Waals surface area contributed by atoms with E-state index < -0.39 is 6.10 Å². The van der Waals surface area contributed by atoms with Crippen LogP contribution < -0.4 is 0 Å². The fourth-order valence-corrected chi connectivity index (χ4v) is 6.31. The van der Waals surface area contributed by atoms with Gasteiger partial charge in [0, 0.05) is 19.3 Å². The van der Waals surface area contributed by atoms with E-state index >= 15 is 0 Å². The topological polar surface area (TPSA) is 78.9 Å².